The number of allylic oxidation sites excluding steroid dienone is 1. The summed E-state index contributed by atoms with van der Waals surface area (Å²) in [5, 5.41) is 11.0. The number of thiophene rings is 1. The number of benzene rings is 2. The molecule has 3 rings (SSSR count). The molecule has 0 aliphatic rings. The molecule has 10 heteroatoms. The molecule has 3 aromatic rings. The van der Waals surface area contributed by atoms with Crippen molar-refractivity contribution in [3.8, 4) is 39.2 Å². The number of methoxy groups -OCH3 is 4. The van der Waals surface area contributed by atoms with Crippen LogP contribution in [-0.4, -0.2) is 51.9 Å². The largest absolute Gasteiger partial charge is 1.00 e. The van der Waals surface area contributed by atoms with Crippen molar-refractivity contribution >= 4 is 29.2 Å². The number of rotatable bonds is 11. The van der Waals surface area contributed by atoms with Gasteiger partial charge in [-0.1, -0.05) is 6.07 Å². The zero-order valence-electron chi connectivity index (χ0n) is 20.1. The van der Waals surface area contributed by atoms with Gasteiger partial charge in [-0.15, -0.1) is 11.3 Å². The minimum atomic E-state index is -1.12. The van der Waals surface area contributed by atoms with Crippen LogP contribution in [0.4, 0.5) is 0 Å². The van der Waals surface area contributed by atoms with Gasteiger partial charge in [0.1, 0.15) is 11.5 Å². The Labute approximate surface area is 229 Å². The SMILES string of the molecule is COc1cc(OCC(=O)O)c(/C=C/C(=O)c2cc(OC)c(OC)c(OC)c2)cc1-c1cccs1.[Na+]. The Morgan fingerprint density at radius 3 is 2.09 bits per heavy atom. The van der Waals surface area contributed by atoms with E-state index in [-0.39, 0.29) is 41.1 Å². The van der Waals surface area contributed by atoms with Crippen molar-refractivity contribution in [1.82, 2.24) is 0 Å². The van der Waals surface area contributed by atoms with Gasteiger partial charge in [0.25, 0.3) is 0 Å². The second-order valence-electron chi connectivity index (χ2n) is 6.86. The summed E-state index contributed by atoms with van der Waals surface area (Å²) in [7, 11) is 5.94. The van der Waals surface area contributed by atoms with Gasteiger partial charge >= 0.3 is 35.5 Å². The van der Waals surface area contributed by atoms with E-state index in [0.29, 0.717) is 34.1 Å². The first-order valence-electron chi connectivity index (χ1n) is 10.0. The molecule has 0 spiro atoms. The number of hydrogen-bond donors (Lipinski definition) is 1. The maximum atomic E-state index is 13.0. The molecular formula is C25H24NaO8S+. The van der Waals surface area contributed by atoms with Crippen LogP contribution in [-0.2, 0) is 4.79 Å². The maximum Gasteiger partial charge on any atom is 1.00 e. The molecule has 0 fully saturated rings. The fourth-order valence-corrected chi connectivity index (χ4v) is 4.00. The summed E-state index contributed by atoms with van der Waals surface area (Å²) in [5.41, 5.74) is 1.64. The summed E-state index contributed by atoms with van der Waals surface area (Å²) in [6, 6.07) is 10.4. The summed E-state index contributed by atoms with van der Waals surface area (Å²) in [5.74, 6) is 0.443. The predicted octanol–water partition coefficient (Wildman–Crippen LogP) is 1.81. The van der Waals surface area contributed by atoms with Crippen molar-refractivity contribution < 1.29 is 67.9 Å². The van der Waals surface area contributed by atoms with Crippen LogP contribution in [0.2, 0.25) is 0 Å². The molecule has 0 amide bonds. The topological polar surface area (TPSA) is 101 Å². The quantitative estimate of drug-likeness (QED) is 0.238. The van der Waals surface area contributed by atoms with E-state index in [4.69, 9.17) is 28.8 Å². The smallest absolute Gasteiger partial charge is 0.496 e. The Hall–Kier alpha value is -2.98. The third-order valence-electron chi connectivity index (χ3n) is 4.83. The van der Waals surface area contributed by atoms with E-state index >= 15 is 0 Å². The summed E-state index contributed by atoms with van der Waals surface area (Å²) in [6.45, 7) is -0.539. The van der Waals surface area contributed by atoms with E-state index in [1.165, 1.54) is 45.9 Å². The Morgan fingerprint density at radius 2 is 1.57 bits per heavy atom. The molecule has 1 aromatic heterocycles. The van der Waals surface area contributed by atoms with Crippen molar-refractivity contribution in [2.24, 2.45) is 0 Å². The number of aliphatic carboxylic acids is 1. The molecule has 2 aromatic carbocycles. The molecule has 0 aliphatic heterocycles. The molecule has 0 radical (unpaired) electrons. The van der Waals surface area contributed by atoms with Crippen LogP contribution in [0.1, 0.15) is 15.9 Å². The van der Waals surface area contributed by atoms with Gasteiger partial charge in [-0.2, -0.15) is 0 Å². The first kappa shape index (κ1) is 28.3. The standard InChI is InChI=1S/C25H24O8S.Na/c1-29-20-13-19(33-14-24(27)28)15(10-17(20)23-6-5-9-34-23)7-8-18(26)16-11-21(30-2)25(32-4)22(12-16)31-3;/h5-13H,14H2,1-4H3,(H,27,28);/q;+1/b8-7+;. The van der Waals surface area contributed by atoms with Gasteiger partial charge in [-0.25, -0.2) is 4.79 Å². The summed E-state index contributed by atoms with van der Waals surface area (Å²) < 4.78 is 26.9. The fraction of sp³-hybridized carbons (Fsp3) is 0.200. The van der Waals surface area contributed by atoms with Gasteiger partial charge < -0.3 is 28.8 Å². The normalized spacial score (nSPS) is 10.4. The molecule has 0 saturated heterocycles. The molecule has 0 unspecified atom stereocenters. The number of ether oxygens (including phenoxy) is 5. The van der Waals surface area contributed by atoms with Crippen LogP contribution < -0.4 is 53.2 Å². The molecule has 0 saturated carbocycles. The Kier molecular flexibility index (Phi) is 10.7. The van der Waals surface area contributed by atoms with Crippen molar-refractivity contribution in [3.05, 3.63) is 59.0 Å². The molecule has 35 heavy (non-hydrogen) atoms. The molecule has 8 nitrogen and oxygen atoms in total. The monoisotopic (exact) mass is 507 g/mol. The van der Waals surface area contributed by atoms with Crippen LogP contribution in [0.3, 0.4) is 0 Å². The Morgan fingerprint density at radius 1 is 0.914 bits per heavy atom. The molecular weight excluding hydrogens is 483 g/mol. The number of carbonyl (C=O) groups excluding carboxylic acids is 1. The van der Waals surface area contributed by atoms with Gasteiger partial charge in [-0.05, 0) is 41.8 Å². The van der Waals surface area contributed by atoms with E-state index in [1.54, 1.807) is 30.3 Å². The van der Waals surface area contributed by atoms with Crippen LogP contribution in [0, 0.1) is 0 Å². The summed E-state index contributed by atoms with van der Waals surface area (Å²) in [4.78, 5) is 25.0. The number of hydrogen-bond acceptors (Lipinski definition) is 8. The van der Waals surface area contributed by atoms with E-state index in [1.807, 2.05) is 17.5 Å². The minimum absolute atomic E-state index is 0. The van der Waals surface area contributed by atoms with Crippen LogP contribution in [0.15, 0.2) is 47.9 Å². The zero-order chi connectivity index (χ0) is 24.7. The summed E-state index contributed by atoms with van der Waals surface area (Å²) >= 11 is 1.53. The molecule has 0 bridgehead atoms. The third-order valence-corrected chi connectivity index (χ3v) is 5.74. The molecule has 1 heterocycles. The van der Waals surface area contributed by atoms with Gasteiger partial charge in [0.15, 0.2) is 23.9 Å². The molecule has 0 atom stereocenters. The Bertz CT molecular complexity index is 1180. The third kappa shape index (κ3) is 6.79. The fourth-order valence-electron chi connectivity index (χ4n) is 3.25. The van der Waals surface area contributed by atoms with E-state index in [0.717, 1.165) is 10.4 Å². The van der Waals surface area contributed by atoms with Gasteiger partial charge in [0.2, 0.25) is 5.75 Å². The van der Waals surface area contributed by atoms with Crippen LogP contribution in [0.25, 0.3) is 16.5 Å². The van der Waals surface area contributed by atoms with Crippen molar-refractivity contribution in [2.75, 3.05) is 35.0 Å². The van der Waals surface area contributed by atoms with Gasteiger partial charge in [0, 0.05) is 27.6 Å². The average Bonchev–Trinajstić information content (AvgIpc) is 3.39. The second-order valence-corrected chi connectivity index (χ2v) is 7.81. The Balaban J connectivity index is 0.00000432. The van der Waals surface area contributed by atoms with Crippen molar-refractivity contribution in [3.63, 3.8) is 0 Å². The molecule has 1 N–H and O–H groups in total. The second kappa shape index (κ2) is 13.2. The minimum Gasteiger partial charge on any atom is -0.496 e. The van der Waals surface area contributed by atoms with Crippen LogP contribution >= 0.6 is 11.3 Å². The zero-order valence-corrected chi connectivity index (χ0v) is 22.9. The summed E-state index contributed by atoms with van der Waals surface area (Å²) in [6.07, 6.45) is 2.94. The number of carbonyl (C=O) groups is 2. The van der Waals surface area contributed by atoms with Gasteiger partial charge in [-0.3, -0.25) is 4.79 Å². The van der Waals surface area contributed by atoms with E-state index < -0.39 is 12.6 Å². The average molecular weight is 508 g/mol. The van der Waals surface area contributed by atoms with Crippen molar-refractivity contribution in [1.29, 1.82) is 0 Å². The maximum absolute atomic E-state index is 13.0. The van der Waals surface area contributed by atoms with Gasteiger partial charge in [0.05, 0.1) is 28.4 Å². The van der Waals surface area contributed by atoms with E-state index in [2.05, 4.69) is 0 Å². The van der Waals surface area contributed by atoms with Crippen LogP contribution in [0.5, 0.6) is 28.7 Å². The molecule has 0 aliphatic carbocycles. The first-order valence-corrected chi connectivity index (χ1v) is 10.9. The molecule has 178 valence electrons. The first-order chi connectivity index (χ1) is 16.4. The number of carboxylic acid groups (broad SMARTS) is 1. The number of carboxylic acids is 1. The predicted molar refractivity (Wildman–Crippen MR) is 129 cm³/mol. The van der Waals surface area contributed by atoms with E-state index in [9.17, 15) is 9.59 Å². The number of ketones is 1. The van der Waals surface area contributed by atoms with Crippen molar-refractivity contribution in [2.45, 2.75) is 0 Å².